The van der Waals surface area contributed by atoms with Crippen LogP contribution in [0.2, 0.25) is 5.02 Å². The fourth-order valence-corrected chi connectivity index (χ4v) is 3.54. The first-order chi connectivity index (χ1) is 11.9. The molecule has 0 unspecified atom stereocenters. The third-order valence-corrected chi connectivity index (χ3v) is 4.86. The van der Waals surface area contributed by atoms with Crippen LogP contribution in [0, 0.1) is 6.92 Å². The largest absolute Gasteiger partial charge is 0.506 e. The molecule has 3 aromatic rings. The lowest BCUT2D eigenvalue weighted by Gasteiger charge is -2.09. The summed E-state index contributed by atoms with van der Waals surface area (Å²) < 4.78 is 6.82. The van der Waals surface area contributed by atoms with Crippen molar-refractivity contribution in [3.05, 3.63) is 61.9 Å². The lowest BCUT2D eigenvalue weighted by Crippen LogP contribution is -2.04. The van der Waals surface area contributed by atoms with Crippen LogP contribution in [0.3, 0.4) is 0 Å². The predicted octanol–water partition coefficient (Wildman–Crippen LogP) is 5.31. The standard InChI is InChI=1S/C17H12Br2ClN3O2/c1-9-4-11(20)2-3-15(9)25-8-16-21-7-14(22-23-16)10-5-12(18)17(24)13(19)6-10/h2-7,24H,8H2,1H3. The van der Waals surface area contributed by atoms with Gasteiger partial charge in [-0.2, -0.15) is 0 Å². The molecule has 0 aliphatic heterocycles. The van der Waals surface area contributed by atoms with Gasteiger partial charge in [-0.3, -0.25) is 0 Å². The van der Waals surface area contributed by atoms with E-state index >= 15 is 0 Å². The minimum Gasteiger partial charge on any atom is -0.506 e. The molecule has 0 bridgehead atoms. The van der Waals surface area contributed by atoms with E-state index in [1.165, 1.54) is 0 Å². The smallest absolute Gasteiger partial charge is 0.188 e. The van der Waals surface area contributed by atoms with Crippen molar-refractivity contribution in [2.45, 2.75) is 13.5 Å². The van der Waals surface area contributed by atoms with Gasteiger partial charge in [0.2, 0.25) is 0 Å². The molecule has 1 N–H and O–H groups in total. The number of aromatic hydroxyl groups is 1. The number of benzene rings is 2. The highest BCUT2D eigenvalue weighted by Crippen LogP contribution is 2.36. The van der Waals surface area contributed by atoms with E-state index in [-0.39, 0.29) is 12.4 Å². The Morgan fingerprint density at radius 2 is 1.84 bits per heavy atom. The molecule has 0 fully saturated rings. The molecule has 25 heavy (non-hydrogen) atoms. The second-order valence-corrected chi connectivity index (χ2v) is 7.39. The first-order valence-corrected chi connectivity index (χ1v) is 9.16. The number of phenolic OH excluding ortho intramolecular Hbond substituents is 1. The molecule has 3 rings (SSSR count). The van der Waals surface area contributed by atoms with Gasteiger partial charge in [0.05, 0.1) is 15.1 Å². The highest BCUT2D eigenvalue weighted by Gasteiger charge is 2.10. The first-order valence-electron chi connectivity index (χ1n) is 7.20. The summed E-state index contributed by atoms with van der Waals surface area (Å²) >= 11 is 12.5. The molecule has 1 heterocycles. The van der Waals surface area contributed by atoms with Gasteiger partial charge in [0.15, 0.2) is 5.82 Å². The van der Waals surface area contributed by atoms with Gasteiger partial charge in [0.1, 0.15) is 23.8 Å². The lowest BCUT2D eigenvalue weighted by atomic mass is 10.1. The average Bonchev–Trinajstić information content (AvgIpc) is 2.59. The normalized spacial score (nSPS) is 10.7. The number of nitrogens with zero attached hydrogens (tertiary/aromatic N) is 3. The maximum absolute atomic E-state index is 9.77. The quantitative estimate of drug-likeness (QED) is 0.543. The molecule has 1 aromatic heterocycles. The number of phenols is 1. The number of aromatic nitrogens is 3. The lowest BCUT2D eigenvalue weighted by molar-refractivity contribution is 0.292. The predicted molar refractivity (Wildman–Crippen MR) is 103 cm³/mol. The van der Waals surface area contributed by atoms with Gasteiger partial charge in [-0.1, -0.05) is 11.6 Å². The molecule has 0 aliphatic carbocycles. The third-order valence-electron chi connectivity index (χ3n) is 3.42. The zero-order chi connectivity index (χ0) is 18.0. The van der Waals surface area contributed by atoms with E-state index in [0.717, 1.165) is 16.9 Å². The van der Waals surface area contributed by atoms with Crippen molar-refractivity contribution in [1.29, 1.82) is 0 Å². The van der Waals surface area contributed by atoms with Crippen LogP contribution >= 0.6 is 43.5 Å². The minimum atomic E-state index is 0.132. The number of rotatable bonds is 4. The molecule has 0 amide bonds. The van der Waals surface area contributed by atoms with Crippen molar-refractivity contribution in [2.75, 3.05) is 0 Å². The zero-order valence-electron chi connectivity index (χ0n) is 13.0. The number of aryl methyl sites for hydroxylation is 1. The van der Waals surface area contributed by atoms with Crippen LogP contribution in [0.4, 0.5) is 0 Å². The summed E-state index contributed by atoms with van der Waals surface area (Å²) in [6.45, 7) is 2.13. The van der Waals surface area contributed by atoms with E-state index in [9.17, 15) is 5.11 Å². The Morgan fingerprint density at radius 1 is 1.12 bits per heavy atom. The Bertz CT molecular complexity index is 897. The topological polar surface area (TPSA) is 68.1 Å². The Kier molecular flexibility index (Phi) is 5.56. The SMILES string of the molecule is Cc1cc(Cl)ccc1OCc1ncc(-c2cc(Br)c(O)c(Br)c2)nn1. The molecular formula is C17H12Br2ClN3O2. The van der Waals surface area contributed by atoms with Crippen molar-refractivity contribution in [2.24, 2.45) is 0 Å². The van der Waals surface area contributed by atoms with Gasteiger partial charge < -0.3 is 9.84 Å². The second kappa shape index (κ2) is 7.68. The Balaban J connectivity index is 1.74. The summed E-state index contributed by atoms with van der Waals surface area (Å²) in [6.07, 6.45) is 1.62. The van der Waals surface area contributed by atoms with Crippen LogP contribution in [0.15, 0.2) is 45.5 Å². The van der Waals surface area contributed by atoms with Gasteiger partial charge in [-0.05, 0) is 74.7 Å². The summed E-state index contributed by atoms with van der Waals surface area (Å²) in [5.74, 6) is 1.33. The first kappa shape index (κ1) is 18.1. The molecule has 0 atom stereocenters. The van der Waals surface area contributed by atoms with Crippen LogP contribution in [0.25, 0.3) is 11.3 Å². The highest BCUT2D eigenvalue weighted by molar-refractivity contribution is 9.11. The van der Waals surface area contributed by atoms with E-state index in [2.05, 4.69) is 47.0 Å². The molecule has 0 radical (unpaired) electrons. The molecular weight excluding hydrogens is 473 g/mol. The van der Waals surface area contributed by atoms with Crippen molar-refractivity contribution < 1.29 is 9.84 Å². The molecule has 8 heteroatoms. The number of hydrogen-bond acceptors (Lipinski definition) is 5. The van der Waals surface area contributed by atoms with Crippen LogP contribution in [-0.4, -0.2) is 20.3 Å². The molecule has 0 saturated heterocycles. The fourth-order valence-electron chi connectivity index (χ4n) is 2.13. The minimum absolute atomic E-state index is 0.132. The van der Waals surface area contributed by atoms with Crippen molar-refractivity contribution in [3.8, 4) is 22.8 Å². The molecule has 128 valence electrons. The molecule has 0 spiro atoms. The van der Waals surface area contributed by atoms with Crippen molar-refractivity contribution >= 4 is 43.5 Å². The highest BCUT2D eigenvalue weighted by atomic mass is 79.9. The molecule has 5 nitrogen and oxygen atoms in total. The van der Waals surface area contributed by atoms with Gasteiger partial charge in [-0.25, -0.2) is 4.98 Å². The maximum atomic E-state index is 9.77. The van der Waals surface area contributed by atoms with Crippen molar-refractivity contribution in [1.82, 2.24) is 15.2 Å². The van der Waals surface area contributed by atoms with Gasteiger partial charge >= 0.3 is 0 Å². The van der Waals surface area contributed by atoms with Gasteiger partial charge in [-0.15, -0.1) is 10.2 Å². The van der Waals surface area contributed by atoms with Gasteiger partial charge in [0, 0.05) is 10.6 Å². The van der Waals surface area contributed by atoms with Crippen LogP contribution in [-0.2, 0) is 6.61 Å². The van der Waals surface area contributed by atoms with E-state index in [0.29, 0.717) is 25.5 Å². The fraction of sp³-hybridized carbons (Fsp3) is 0.118. The third kappa shape index (κ3) is 4.29. The van der Waals surface area contributed by atoms with Crippen LogP contribution < -0.4 is 4.74 Å². The molecule has 0 aliphatic rings. The number of hydrogen-bond donors (Lipinski definition) is 1. The van der Waals surface area contributed by atoms with Gasteiger partial charge in [0.25, 0.3) is 0 Å². The molecule has 2 aromatic carbocycles. The summed E-state index contributed by atoms with van der Waals surface area (Å²) in [7, 11) is 0. The van der Waals surface area contributed by atoms with E-state index < -0.39 is 0 Å². The van der Waals surface area contributed by atoms with Crippen molar-refractivity contribution in [3.63, 3.8) is 0 Å². The second-order valence-electron chi connectivity index (χ2n) is 5.25. The van der Waals surface area contributed by atoms with Crippen LogP contribution in [0.5, 0.6) is 11.5 Å². The summed E-state index contributed by atoms with van der Waals surface area (Å²) in [5, 5.41) is 18.7. The number of ether oxygens (including phenoxy) is 1. The monoisotopic (exact) mass is 483 g/mol. The Morgan fingerprint density at radius 3 is 2.44 bits per heavy atom. The summed E-state index contributed by atoms with van der Waals surface area (Å²) in [4.78, 5) is 4.28. The molecule has 0 saturated carbocycles. The summed E-state index contributed by atoms with van der Waals surface area (Å²) in [6, 6.07) is 8.91. The Hall–Kier alpha value is -1.70. The van der Waals surface area contributed by atoms with E-state index in [1.807, 2.05) is 19.1 Å². The Labute approximate surface area is 166 Å². The maximum Gasteiger partial charge on any atom is 0.188 e. The number of halogens is 3. The van der Waals surface area contributed by atoms with Crippen LogP contribution in [0.1, 0.15) is 11.4 Å². The summed E-state index contributed by atoms with van der Waals surface area (Å²) in [5.41, 5.74) is 2.31. The average molecular weight is 486 g/mol. The van der Waals surface area contributed by atoms with E-state index in [1.54, 1.807) is 24.4 Å². The van der Waals surface area contributed by atoms with E-state index in [4.69, 9.17) is 16.3 Å². The zero-order valence-corrected chi connectivity index (χ0v) is 16.9.